The highest BCUT2D eigenvalue weighted by molar-refractivity contribution is 5.77. The number of carbonyl (C=O) groups is 1. The molecule has 1 saturated heterocycles. The van der Waals surface area contributed by atoms with Gasteiger partial charge >= 0.3 is 0 Å². The number of primary amides is 1. The lowest BCUT2D eigenvalue weighted by Crippen LogP contribution is -2.38. The molecule has 0 aliphatic carbocycles. The number of pyridine rings is 1. The van der Waals surface area contributed by atoms with E-state index in [1.165, 1.54) is 0 Å². The maximum atomic E-state index is 11.2. The molecule has 1 aliphatic rings. The fraction of sp³-hybridized carbons (Fsp3) is 0.333. The fourth-order valence-electron chi connectivity index (χ4n) is 2.58. The highest BCUT2D eigenvalue weighted by Crippen LogP contribution is 2.30. The van der Waals surface area contributed by atoms with E-state index in [-0.39, 0.29) is 17.5 Å². The summed E-state index contributed by atoms with van der Waals surface area (Å²) in [5, 5.41) is 9.26. The summed E-state index contributed by atoms with van der Waals surface area (Å²) in [6, 6.07) is 5.66. The standard InChI is InChI=1S/C15H15N5O2/c16-8-12-15(20-6-3-10(4-7-20)13(17)21)22-14(19-12)11-2-1-5-18-9-11/h1-2,5,9-10H,3-4,6-7H2,(H2,17,21). The van der Waals surface area contributed by atoms with Gasteiger partial charge in [0.05, 0.1) is 5.56 Å². The molecule has 112 valence electrons. The van der Waals surface area contributed by atoms with Gasteiger partial charge in [0.25, 0.3) is 0 Å². The summed E-state index contributed by atoms with van der Waals surface area (Å²) < 4.78 is 5.76. The number of hydrogen-bond donors (Lipinski definition) is 1. The molecule has 0 unspecified atom stereocenters. The van der Waals surface area contributed by atoms with Crippen molar-refractivity contribution in [2.75, 3.05) is 18.0 Å². The van der Waals surface area contributed by atoms with E-state index in [9.17, 15) is 10.1 Å². The molecule has 0 aromatic carbocycles. The van der Waals surface area contributed by atoms with E-state index >= 15 is 0 Å². The zero-order chi connectivity index (χ0) is 15.5. The molecule has 3 rings (SSSR count). The van der Waals surface area contributed by atoms with Gasteiger partial charge in [-0.15, -0.1) is 0 Å². The molecule has 2 N–H and O–H groups in total. The molecule has 7 heteroatoms. The number of piperidine rings is 1. The SMILES string of the molecule is N#Cc1nc(-c2cccnc2)oc1N1CCC(C(N)=O)CC1. The van der Waals surface area contributed by atoms with Crippen LogP contribution in [0.3, 0.4) is 0 Å². The average Bonchev–Trinajstić information content (AvgIpc) is 3.00. The molecular weight excluding hydrogens is 282 g/mol. The molecule has 2 aromatic rings. The van der Waals surface area contributed by atoms with Crippen LogP contribution in [0.15, 0.2) is 28.9 Å². The monoisotopic (exact) mass is 297 g/mol. The first-order valence-electron chi connectivity index (χ1n) is 7.04. The average molecular weight is 297 g/mol. The Balaban J connectivity index is 1.84. The van der Waals surface area contributed by atoms with Crippen molar-refractivity contribution in [3.05, 3.63) is 30.2 Å². The predicted molar refractivity (Wildman–Crippen MR) is 78.6 cm³/mol. The second-order valence-electron chi connectivity index (χ2n) is 5.19. The van der Waals surface area contributed by atoms with Crippen LogP contribution in [0, 0.1) is 17.2 Å². The van der Waals surface area contributed by atoms with Gasteiger partial charge < -0.3 is 15.1 Å². The predicted octanol–water partition coefficient (Wildman–Crippen LogP) is 1.31. The third kappa shape index (κ3) is 2.63. The molecule has 7 nitrogen and oxygen atoms in total. The minimum atomic E-state index is -0.270. The molecule has 1 fully saturated rings. The van der Waals surface area contributed by atoms with E-state index < -0.39 is 0 Å². The van der Waals surface area contributed by atoms with Crippen LogP contribution in [-0.4, -0.2) is 29.0 Å². The van der Waals surface area contributed by atoms with Gasteiger partial charge in [0.1, 0.15) is 6.07 Å². The lowest BCUT2D eigenvalue weighted by atomic mass is 9.96. The Labute approximate surface area is 127 Å². The van der Waals surface area contributed by atoms with Crippen LogP contribution in [0.4, 0.5) is 5.88 Å². The Morgan fingerprint density at radius 1 is 1.45 bits per heavy atom. The van der Waals surface area contributed by atoms with Crippen molar-refractivity contribution >= 4 is 11.8 Å². The van der Waals surface area contributed by atoms with Gasteiger partial charge in [-0.05, 0) is 25.0 Å². The first-order valence-corrected chi connectivity index (χ1v) is 7.04. The van der Waals surface area contributed by atoms with Crippen LogP contribution < -0.4 is 10.6 Å². The van der Waals surface area contributed by atoms with Gasteiger partial charge in [-0.2, -0.15) is 10.2 Å². The summed E-state index contributed by atoms with van der Waals surface area (Å²) >= 11 is 0. The quantitative estimate of drug-likeness (QED) is 0.914. The Hall–Kier alpha value is -2.88. The van der Waals surface area contributed by atoms with Crippen molar-refractivity contribution < 1.29 is 9.21 Å². The van der Waals surface area contributed by atoms with Crippen molar-refractivity contribution in [3.8, 4) is 17.5 Å². The van der Waals surface area contributed by atoms with Gasteiger partial charge in [0, 0.05) is 31.4 Å². The van der Waals surface area contributed by atoms with Gasteiger partial charge in [-0.1, -0.05) is 0 Å². The zero-order valence-corrected chi connectivity index (χ0v) is 11.9. The molecule has 1 amide bonds. The second-order valence-corrected chi connectivity index (χ2v) is 5.19. The van der Waals surface area contributed by atoms with Crippen molar-refractivity contribution in [2.24, 2.45) is 11.7 Å². The maximum Gasteiger partial charge on any atom is 0.235 e. The largest absolute Gasteiger partial charge is 0.419 e. The van der Waals surface area contributed by atoms with E-state index in [0.29, 0.717) is 37.7 Å². The zero-order valence-electron chi connectivity index (χ0n) is 11.9. The topological polar surface area (TPSA) is 109 Å². The number of nitrogens with zero attached hydrogens (tertiary/aromatic N) is 4. The van der Waals surface area contributed by atoms with Crippen LogP contribution in [0.1, 0.15) is 18.5 Å². The van der Waals surface area contributed by atoms with Crippen molar-refractivity contribution in [2.45, 2.75) is 12.8 Å². The number of amides is 1. The highest BCUT2D eigenvalue weighted by Gasteiger charge is 2.27. The molecule has 0 spiro atoms. The second kappa shape index (κ2) is 5.85. The van der Waals surface area contributed by atoms with Crippen molar-refractivity contribution in [1.82, 2.24) is 9.97 Å². The number of anilines is 1. The van der Waals surface area contributed by atoms with Gasteiger partial charge in [0.2, 0.25) is 23.4 Å². The number of rotatable bonds is 3. The number of carbonyl (C=O) groups excluding carboxylic acids is 1. The Morgan fingerprint density at radius 2 is 2.23 bits per heavy atom. The van der Waals surface area contributed by atoms with Crippen molar-refractivity contribution in [1.29, 1.82) is 5.26 Å². The summed E-state index contributed by atoms with van der Waals surface area (Å²) in [5.41, 5.74) is 6.30. The first kappa shape index (κ1) is 14.1. The van der Waals surface area contributed by atoms with Crippen LogP contribution >= 0.6 is 0 Å². The third-order valence-corrected chi connectivity index (χ3v) is 3.81. The fourth-order valence-corrected chi connectivity index (χ4v) is 2.58. The summed E-state index contributed by atoms with van der Waals surface area (Å²) in [5.74, 6) is 0.442. The Bertz CT molecular complexity index is 711. The molecule has 2 aromatic heterocycles. The highest BCUT2D eigenvalue weighted by atomic mass is 16.4. The Kier molecular flexibility index (Phi) is 3.74. The molecule has 1 aliphatic heterocycles. The summed E-state index contributed by atoms with van der Waals surface area (Å²) in [7, 11) is 0. The van der Waals surface area contributed by atoms with Crippen LogP contribution in [0.2, 0.25) is 0 Å². The number of nitriles is 1. The smallest absolute Gasteiger partial charge is 0.235 e. The molecule has 3 heterocycles. The van der Waals surface area contributed by atoms with Crippen LogP contribution in [0.25, 0.3) is 11.5 Å². The number of nitrogens with two attached hydrogens (primary N) is 1. The first-order chi connectivity index (χ1) is 10.7. The summed E-state index contributed by atoms with van der Waals surface area (Å²) in [6.45, 7) is 1.23. The normalized spacial score (nSPS) is 15.5. The molecular formula is C15H15N5O2. The van der Waals surface area contributed by atoms with Gasteiger partial charge in [0.15, 0.2) is 0 Å². The van der Waals surface area contributed by atoms with E-state index in [1.807, 2.05) is 11.0 Å². The van der Waals surface area contributed by atoms with E-state index in [1.54, 1.807) is 18.5 Å². The lowest BCUT2D eigenvalue weighted by Gasteiger charge is -2.30. The van der Waals surface area contributed by atoms with E-state index in [2.05, 4.69) is 16.0 Å². The minimum Gasteiger partial charge on any atom is -0.419 e. The lowest BCUT2D eigenvalue weighted by molar-refractivity contribution is -0.122. The molecule has 0 radical (unpaired) electrons. The number of aromatic nitrogens is 2. The number of oxazole rings is 1. The Morgan fingerprint density at radius 3 is 2.82 bits per heavy atom. The van der Waals surface area contributed by atoms with Crippen LogP contribution in [0.5, 0.6) is 0 Å². The summed E-state index contributed by atoms with van der Waals surface area (Å²) in [4.78, 5) is 21.4. The van der Waals surface area contributed by atoms with Gasteiger partial charge in [-0.3, -0.25) is 9.78 Å². The van der Waals surface area contributed by atoms with E-state index in [0.717, 1.165) is 5.56 Å². The molecule has 0 atom stereocenters. The maximum absolute atomic E-state index is 11.2. The number of hydrogen-bond acceptors (Lipinski definition) is 6. The molecule has 22 heavy (non-hydrogen) atoms. The molecule has 0 saturated carbocycles. The minimum absolute atomic E-state index is 0.109. The van der Waals surface area contributed by atoms with Crippen LogP contribution in [-0.2, 0) is 4.79 Å². The summed E-state index contributed by atoms with van der Waals surface area (Å²) in [6.07, 6.45) is 4.61. The molecule has 0 bridgehead atoms. The van der Waals surface area contributed by atoms with Gasteiger partial charge in [-0.25, -0.2) is 0 Å². The third-order valence-electron chi connectivity index (χ3n) is 3.81. The van der Waals surface area contributed by atoms with Crippen molar-refractivity contribution in [3.63, 3.8) is 0 Å². The van der Waals surface area contributed by atoms with E-state index in [4.69, 9.17) is 10.2 Å².